The third kappa shape index (κ3) is 3.00. The van der Waals surface area contributed by atoms with E-state index in [0.29, 0.717) is 23.6 Å². The first-order valence-electron chi connectivity index (χ1n) is 6.95. The first kappa shape index (κ1) is 15.0. The molecule has 1 aliphatic rings. The summed E-state index contributed by atoms with van der Waals surface area (Å²) >= 11 is 1.28. The Hall–Kier alpha value is -1.43. The van der Waals surface area contributed by atoms with E-state index in [9.17, 15) is 14.7 Å². The maximum absolute atomic E-state index is 12.2. The highest BCUT2D eigenvalue weighted by Crippen LogP contribution is 2.34. The molecule has 110 valence electrons. The van der Waals surface area contributed by atoms with Gasteiger partial charge < -0.3 is 10.4 Å². The number of amides is 1. The van der Waals surface area contributed by atoms with E-state index in [1.165, 1.54) is 17.5 Å². The van der Waals surface area contributed by atoms with Gasteiger partial charge in [0.1, 0.15) is 10.4 Å². The standard InChI is InChI=1S/C14H20N2O3S/c1-3-10-4-6-14(7-5-10,13(18)19)16-12(17)11-8-15-9(2)20-11/h8,10H,3-7H2,1-2H3,(H,16,17)(H,18,19). The average molecular weight is 296 g/mol. The molecule has 1 fully saturated rings. The van der Waals surface area contributed by atoms with Crippen LogP contribution in [0.15, 0.2) is 6.20 Å². The van der Waals surface area contributed by atoms with E-state index in [0.717, 1.165) is 24.3 Å². The Kier molecular flexibility index (Phi) is 4.42. The van der Waals surface area contributed by atoms with Crippen molar-refractivity contribution in [3.05, 3.63) is 16.1 Å². The fourth-order valence-corrected chi connectivity index (χ4v) is 3.39. The van der Waals surface area contributed by atoms with Crippen molar-refractivity contribution in [2.45, 2.75) is 51.5 Å². The molecule has 0 radical (unpaired) electrons. The number of rotatable bonds is 4. The Morgan fingerprint density at radius 2 is 2.15 bits per heavy atom. The molecule has 0 saturated heterocycles. The maximum atomic E-state index is 12.2. The number of carboxylic acids is 1. The summed E-state index contributed by atoms with van der Waals surface area (Å²) in [7, 11) is 0. The molecule has 1 amide bonds. The lowest BCUT2D eigenvalue weighted by Crippen LogP contribution is -2.56. The van der Waals surface area contributed by atoms with Crippen LogP contribution in [0.1, 0.15) is 53.7 Å². The lowest BCUT2D eigenvalue weighted by Gasteiger charge is -2.37. The topological polar surface area (TPSA) is 79.3 Å². The van der Waals surface area contributed by atoms with Crippen molar-refractivity contribution < 1.29 is 14.7 Å². The van der Waals surface area contributed by atoms with Crippen LogP contribution in [-0.4, -0.2) is 27.5 Å². The van der Waals surface area contributed by atoms with Crippen molar-refractivity contribution in [2.75, 3.05) is 0 Å². The molecule has 6 heteroatoms. The van der Waals surface area contributed by atoms with Gasteiger partial charge in [-0.05, 0) is 38.5 Å². The number of nitrogens with zero attached hydrogens (tertiary/aromatic N) is 1. The van der Waals surface area contributed by atoms with Crippen LogP contribution in [0.4, 0.5) is 0 Å². The number of carboxylic acid groups (broad SMARTS) is 1. The number of carbonyl (C=O) groups is 2. The summed E-state index contributed by atoms with van der Waals surface area (Å²) in [6.07, 6.45) is 5.28. The molecule has 1 aromatic rings. The normalized spacial score (nSPS) is 26.2. The number of carbonyl (C=O) groups excluding carboxylic acids is 1. The summed E-state index contributed by atoms with van der Waals surface area (Å²) in [6.45, 7) is 3.94. The van der Waals surface area contributed by atoms with Crippen molar-refractivity contribution in [1.82, 2.24) is 10.3 Å². The van der Waals surface area contributed by atoms with Gasteiger partial charge in [-0.2, -0.15) is 0 Å². The predicted molar refractivity (Wildman–Crippen MR) is 76.9 cm³/mol. The third-order valence-electron chi connectivity index (χ3n) is 4.14. The molecular formula is C14H20N2O3S. The van der Waals surface area contributed by atoms with Crippen molar-refractivity contribution >= 4 is 23.2 Å². The Morgan fingerprint density at radius 3 is 2.60 bits per heavy atom. The zero-order chi connectivity index (χ0) is 14.8. The molecule has 1 heterocycles. The van der Waals surface area contributed by atoms with Crippen LogP contribution < -0.4 is 5.32 Å². The first-order valence-corrected chi connectivity index (χ1v) is 7.77. The van der Waals surface area contributed by atoms with Crippen LogP contribution in [-0.2, 0) is 4.79 Å². The molecule has 0 aliphatic heterocycles. The molecule has 2 rings (SSSR count). The molecule has 0 atom stereocenters. The van der Waals surface area contributed by atoms with Crippen molar-refractivity contribution in [3.8, 4) is 0 Å². The number of nitrogens with one attached hydrogen (secondary N) is 1. The zero-order valence-corrected chi connectivity index (χ0v) is 12.6. The van der Waals surface area contributed by atoms with Crippen molar-refractivity contribution in [1.29, 1.82) is 0 Å². The number of aryl methyl sites for hydroxylation is 1. The second-order valence-electron chi connectivity index (χ2n) is 5.44. The van der Waals surface area contributed by atoms with Crippen LogP contribution in [0.25, 0.3) is 0 Å². The molecule has 2 N–H and O–H groups in total. The fourth-order valence-electron chi connectivity index (χ4n) is 2.72. The Morgan fingerprint density at radius 1 is 1.50 bits per heavy atom. The lowest BCUT2D eigenvalue weighted by atomic mass is 9.75. The molecular weight excluding hydrogens is 276 g/mol. The van der Waals surface area contributed by atoms with Crippen LogP contribution in [0.5, 0.6) is 0 Å². The van der Waals surface area contributed by atoms with Gasteiger partial charge in [-0.3, -0.25) is 4.79 Å². The number of aliphatic carboxylic acids is 1. The van der Waals surface area contributed by atoms with Crippen molar-refractivity contribution in [2.24, 2.45) is 5.92 Å². The van der Waals surface area contributed by atoms with Crippen molar-refractivity contribution in [3.63, 3.8) is 0 Å². The van der Waals surface area contributed by atoms with Gasteiger partial charge in [0.25, 0.3) is 5.91 Å². The molecule has 20 heavy (non-hydrogen) atoms. The molecule has 1 saturated carbocycles. The van der Waals surface area contributed by atoms with Gasteiger partial charge >= 0.3 is 5.97 Å². The van der Waals surface area contributed by atoms with Crippen LogP contribution in [0, 0.1) is 12.8 Å². The molecule has 1 aromatic heterocycles. The smallest absolute Gasteiger partial charge is 0.329 e. The summed E-state index contributed by atoms with van der Waals surface area (Å²) in [6, 6.07) is 0. The highest BCUT2D eigenvalue weighted by atomic mass is 32.1. The zero-order valence-electron chi connectivity index (χ0n) is 11.8. The molecule has 0 spiro atoms. The van der Waals surface area contributed by atoms with Gasteiger partial charge in [-0.15, -0.1) is 11.3 Å². The van der Waals surface area contributed by atoms with E-state index >= 15 is 0 Å². The number of hydrogen-bond acceptors (Lipinski definition) is 4. The molecule has 0 aromatic carbocycles. The van der Waals surface area contributed by atoms with Gasteiger partial charge in [0, 0.05) is 0 Å². The molecule has 0 bridgehead atoms. The highest BCUT2D eigenvalue weighted by molar-refractivity contribution is 7.13. The Bertz CT molecular complexity index is 504. The highest BCUT2D eigenvalue weighted by Gasteiger charge is 2.43. The number of hydrogen-bond donors (Lipinski definition) is 2. The molecule has 5 nitrogen and oxygen atoms in total. The summed E-state index contributed by atoms with van der Waals surface area (Å²) < 4.78 is 0. The van der Waals surface area contributed by atoms with E-state index in [1.54, 1.807) is 0 Å². The minimum atomic E-state index is -1.11. The Balaban J connectivity index is 2.10. The van der Waals surface area contributed by atoms with E-state index in [1.807, 2.05) is 6.92 Å². The second kappa shape index (κ2) is 5.91. The predicted octanol–water partition coefficient (Wildman–Crippen LogP) is 2.60. The third-order valence-corrected chi connectivity index (χ3v) is 5.05. The van der Waals surface area contributed by atoms with E-state index in [2.05, 4.69) is 17.2 Å². The Labute approximate surface area is 122 Å². The van der Waals surface area contributed by atoms with Crippen LogP contribution >= 0.6 is 11.3 Å². The van der Waals surface area contributed by atoms with E-state index in [4.69, 9.17) is 0 Å². The molecule has 1 aliphatic carbocycles. The minimum absolute atomic E-state index is 0.326. The van der Waals surface area contributed by atoms with Gasteiger partial charge in [-0.25, -0.2) is 9.78 Å². The van der Waals surface area contributed by atoms with Gasteiger partial charge in [0.2, 0.25) is 0 Å². The molecule has 0 unspecified atom stereocenters. The average Bonchev–Trinajstić information content (AvgIpc) is 2.86. The van der Waals surface area contributed by atoms with Gasteiger partial charge in [-0.1, -0.05) is 13.3 Å². The van der Waals surface area contributed by atoms with E-state index in [-0.39, 0.29) is 5.91 Å². The largest absolute Gasteiger partial charge is 0.480 e. The lowest BCUT2D eigenvalue weighted by molar-refractivity contribution is -0.146. The fraction of sp³-hybridized carbons (Fsp3) is 0.643. The van der Waals surface area contributed by atoms with E-state index < -0.39 is 11.5 Å². The van der Waals surface area contributed by atoms with Crippen LogP contribution in [0.2, 0.25) is 0 Å². The monoisotopic (exact) mass is 296 g/mol. The van der Waals surface area contributed by atoms with Crippen LogP contribution in [0.3, 0.4) is 0 Å². The number of aromatic nitrogens is 1. The summed E-state index contributed by atoms with van der Waals surface area (Å²) in [5.41, 5.74) is -1.11. The SMILES string of the molecule is CCC1CCC(NC(=O)c2cnc(C)s2)(C(=O)O)CC1. The first-order chi connectivity index (χ1) is 9.47. The number of thiazole rings is 1. The van der Waals surface area contributed by atoms with Gasteiger partial charge in [0.15, 0.2) is 0 Å². The summed E-state index contributed by atoms with van der Waals surface area (Å²) in [5.74, 6) is -0.681. The van der Waals surface area contributed by atoms with Gasteiger partial charge in [0.05, 0.1) is 11.2 Å². The maximum Gasteiger partial charge on any atom is 0.329 e. The quantitative estimate of drug-likeness (QED) is 0.895. The summed E-state index contributed by atoms with van der Waals surface area (Å²) in [5, 5.41) is 13.1. The summed E-state index contributed by atoms with van der Waals surface area (Å²) in [4.78, 5) is 28.3. The minimum Gasteiger partial charge on any atom is -0.480 e. The second-order valence-corrected chi connectivity index (χ2v) is 6.67.